The lowest BCUT2D eigenvalue weighted by molar-refractivity contribution is -0.00905. The van der Waals surface area contributed by atoms with Crippen molar-refractivity contribution in [1.29, 1.82) is 0 Å². The van der Waals surface area contributed by atoms with E-state index in [4.69, 9.17) is 14.5 Å². The van der Waals surface area contributed by atoms with E-state index in [-0.39, 0.29) is 11.0 Å². The monoisotopic (exact) mass is 501 g/mol. The zero-order valence-electron chi connectivity index (χ0n) is 23.3. The van der Waals surface area contributed by atoms with Crippen molar-refractivity contribution in [3.8, 4) is 0 Å². The van der Waals surface area contributed by atoms with Crippen molar-refractivity contribution in [2.24, 2.45) is 22.2 Å². The van der Waals surface area contributed by atoms with Crippen molar-refractivity contribution in [2.75, 3.05) is 32.8 Å². The summed E-state index contributed by atoms with van der Waals surface area (Å²) in [6.45, 7) is 19.1. The number of hydrogen-bond acceptors (Lipinski definition) is 5. The Bertz CT molecular complexity index is 868. The van der Waals surface area contributed by atoms with Gasteiger partial charge in [-0.05, 0) is 97.1 Å². The SMILES string of the molecule is C=C(OC(C)(C)C)N1CCC(COC2=CCC(C)(C3=CCC(C(C)N4CC[C@H](F)C4)CC3)C=N2)CC1. The quantitative estimate of drug-likeness (QED) is 0.282. The molecule has 2 saturated heterocycles. The molecule has 4 aliphatic rings. The Balaban J connectivity index is 1.20. The summed E-state index contributed by atoms with van der Waals surface area (Å²) < 4.78 is 25.7. The van der Waals surface area contributed by atoms with Crippen LogP contribution in [0.25, 0.3) is 0 Å². The van der Waals surface area contributed by atoms with Crippen LogP contribution in [-0.2, 0) is 9.47 Å². The second-order valence-corrected chi connectivity index (χ2v) is 12.7. The number of allylic oxidation sites excluding steroid dienone is 3. The van der Waals surface area contributed by atoms with Gasteiger partial charge in [-0.1, -0.05) is 18.6 Å². The van der Waals surface area contributed by atoms with E-state index in [9.17, 15) is 4.39 Å². The molecule has 202 valence electrons. The highest BCUT2D eigenvalue weighted by Crippen LogP contribution is 2.41. The van der Waals surface area contributed by atoms with E-state index in [1.807, 2.05) is 0 Å². The maximum atomic E-state index is 13.6. The lowest BCUT2D eigenvalue weighted by Gasteiger charge is -2.38. The van der Waals surface area contributed by atoms with E-state index >= 15 is 0 Å². The molecule has 5 nitrogen and oxygen atoms in total. The summed E-state index contributed by atoms with van der Waals surface area (Å²) in [6.07, 6.45) is 13.3. The molecule has 0 radical (unpaired) electrons. The molecule has 4 atom stereocenters. The Morgan fingerprint density at radius 3 is 2.50 bits per heavy atom. The highest BCUT2D eigenvalue weighted by atomic mass is 19.1. The Morgan fingerprint density at radius 1 is 1.19 bits per heavy atom. The number of aliphatic imine (C=N–C) groups is 1. The van der Waals surface area contributed by atoms with E-state index < -0.39 is 6.17 Å². The molecule has 0 aromatic carbocycles. The van der Waals surface area contributed by atoms with Crippen molar-refractivity contribution >= 4 is 6.21 Å². The lowest BCUT2D eigenvalue weighted by Crippen LogP contribution is -2.38. The van der Waals surface area contributed by atoms with Crippen LogP contribution in [0, 0.1) is 17.3 Å². The normalized spacial score (nSPS) is 31.1. The van der Waals surface area contributed by atoms with Crippen LogP contribution in [0.1, 0.15) is 79.6 Å². The average Bonchev–Trinajstić information content (AvgIpc) is 3.29. The number of rotatable bonds is 8. The van der Waals surface area contributed by atoms with Crippen LogP contribution in [0.5, 0.6) is 0 Å². The van der Waals surface area contributed by atoms with Gasteiger partial charge in [-0.15, -0.1) is 0 Å². The van der Waals surface area contributed by atoms with E-state index in [2.05, 4.69) is 69.4 Å². The van der Waals surface area contributed by atoms with Gasteiger partial charge in [0.2, 0.25) is 5.88 Å². The summed E-state index contributed by atoms with van der Waals surface area (Å²) in [5.41, 5.74) is 1.27. The van der Waals surface area contributed by atoms with Crippen molar-refractivity contribution in [2.45, 2.75) is 97.4 Å². The smallest absolute Gasteiger partial charge is 0.208 e. The molecule has 3 heterocycles. The minimum atomic E-state index is -0.636. The number of piperidine rings is 1. The zero-order valence-corrected chi connectivity index (χ0v) is 23.3. The summed E-state index contributed by atoms with van der Waals surface area (Å²) in [6, 6.07) is 0.465. The molecule has 0 amide bonds. The van der Waals surface area contributed by atoms with Crippen LogP contribution in [0.3, 0.4) is 0 Å². The van der Waals surface area contributed by atoms with Crippen LogP contribution in [0.15, 0.2) is 41.1 Å². The summed E-state index contributed by atoms with van der Waals surface area (Å²) in [4.78, 5) is 9.33. The van der Waals surface area contributed by atoms with Crippen LogP contribution < -0.4 is 0 Å². The first-order valence-corrected chi connectivity index (χ1v) is 14.1. The molecular formula is C30H48FN3O2. The molecule has 3 unspecified atom stereocenters. The maximum absolute atomic E-state index is 13.6. The van der Waals surface area contributed by atoms with Crippen molar-refractivity contribution in [3.63, 3.8) is 0 Å². The van der Waals surface area contributed by atoms with Gasteiger partial charge in [-0.25, -0.2) is 9.38 Å². The molecule has 0 spiro atoms. The minimum Gasteiger partial charge on any atom is -0.478 e. The Labute approximate surface area is 218 Å². The first-order valence-electron chi connectivity index (χ1n) is 14.1. The fourth-order valence-electron chi connectivity index (χ4n) is 6.11. The summed E-state index contributed by atoms with van der Waals surface area (Å²) in [5, 5.41) is 0. The molecule has 0 aromatic rings. The number of halogens is 1. The van der Waals surface area contributed by atoms with Crippen molar-refractivity contribution < 1.29 is 13.9 Å². The maximum Gasteiger partial charge on any atom is 0.208 e. The lowest BCUT2D eigenvalue weighted by atomic mass is 9.72. The first kappa shape index (κ1) is 27.2. The summed E-state index contributed by atoms with van der Waals surface area (Å²) in [5.74, 6) is 2.72. The average molecular weight is 502 g/mol. The number of hydrogen-bond donors (Lipinski definition) is 0. The van der Waals surface area contributed by atoms with E-state index in [0.717, 1.165) is 70.1 Å². The van der Waals surface area contributed by atoms with Crippen LogP contribution in [0.2, 0.25) is 0 Å². The van der Waals surface area contributed by atoms with Gasteiger partial charge < -0.3 is 14.4 Å². The van der Waals surface area contributed by atoms with E-state index in [0.29, 0.717) is 30.8 Å². The molecule has 0 N–H and O–H groups in total. The molecule has 6 heteroatoms. The van der Waals surface area contributed by atoms with Gasteiger partial charge in [-0.2, -0.15) is 0 Å². The molecule has 2 fully saturated rings. The molecule has 0 saturated carbocycles. The number of ether oxygens (including phenoxy) is 2. The Kier molecular flexibility index (Phi) is 8.53. The number of likely N-dealkylation sites (tertiary alicyclic amines) is 2. The van der Waals surface area contributed by atoms with Crippen molar-refractivity contribution in [1.82, 2.24) is 9.80 Å². The standard InChI is InChI=1S/C30H48FN3O2/c1-22(34-18-14-27(31)19-34)25-7-9-26(10-8-25)30(6)15-11-28(32-21-30)35-20-24-12-16-33(17-13-24)23(2)36-29(3,4)5/h9,11,21-22,24-25,27H,2,7-8,10,12-20H2,1,3-6H3/t22?,25?,27-,30?/m0/s1. The molecule has 1 aliphatic carbocycles. The predicted octanol–water partition coefficient (Wildman–Crippen LogP) is 6.48. The van der Waals surface area contributed by atoms with E-state index in [1.165, 1.54) is 12.0 Å². The fraction of sp³-hybridized carbons (Fsp3) is 0.767. The third kappa shape index (κ3) is 6.93. The highest BCUT2D eigenvalue weighted by Gasteiger charge is 2.35. The van der Waals surface area contributed by atoms with Gasteiger partial charge in [0.1, 0.15) is 11.8 Å². The van der Waals surface area contributed by atoms with Crippen LogP contribution in [0.4, 0.5) is 4.39 Å². The second-order valence-electron chi connectivity index (χ2n) is 12.7. The highest BCUT2D eigenvalue weighted by molar-refractivity contribution is 5.72. The van der Waals surface area contributed by atoms with Gasteiger partial charge in [0, 0.05) is 43.9 Å². The molecule has 3 aliphatic heterocycles. The van der Waals surface area contributed by atoms with Gasteiger partial charge in [0.05, 0.1) is 6.61 Å². The van der Waals surface area contributed by atoms with Gasteiger partial charge >= 0.3 is 0 Å². The molecule has 36 heavy (non-hydrogen) atoms. The molecule has 4 rings (SSSR count). The van der Waals surface area contributed by atoms with Gasteiger partial charge in [0.15, 0.2) is 5.88 Å². The number of nitrogens with zero attached hydrogens (tertiary/aromatic N) is 3. The second kappa shape index (κ2) is 11.3. The third-order valence-corrected chi connectivity index (χ3v) is 8.64. The first-order chi connectivity index (χ1) is 17.0. The summed E-state index contributed by atoms with van der Waals surface area (Å²) >= 11 is 0. The van der Waals surface area contributed by atoms with Crippen LogP contribution >= 0.6 is 0 Å². The Hall–Kier alpha value is -1.82. The summed E-state index contributed by atoms with van der Waals surface area (Å²) in [7, 11) is 0. The topological polar surface area (TPSA) is 37.3 Å². The Morgan fingerprint density at radius 2 is 1.94 bits per heavy atom. The minimum absolute atomic E-state index is 0.0164. The van der Waals surface area contributed by atoms with Gasteiger partial charge in [-0.3, -0.25) is 4.90 Å². The van der Waals surface area contributed by atoms with Crippen molar-refractivity contribution in [3.05, 3.63) is 36.1 Å². The molecular weight excluding hydrogens is 453 g/mol. The molecule has 0 bridgehead atoms. The molecule has 0 aromatic heterocycles. The number of alkyl halides is 1. The fourth-order valence-corrected chi connectivity index (χ4v) is 6.11. The zero-order chi connectivity index (χ0) is 25.9. The third-order valence-electron chi connectivity index (χ3n) is 8.64. The van der Waals surface area contributed by atoms with E-state index in [1.54, 1.807) is 0 Å². The van der Waals surface area contributed by atoms with Gasteiger partial charge in [0.25, 0.3) is 0 Å². The largest absolute Gasteiger partial charge is 0.478 e. The van der Waals surface area contributed by atoms with Crippen LogP contribution in [-0.4, -0.2) is 66.6 Å². The predicted molar refractivity (Wildman–Crippen MR) is 145 cm³/mol.